The molecule has 1 aliphatic rings. The largest absolute Gasteiger partial charge is 0.493 e. The zero-order valence-corrected chi connectivity index (χ0v) is 22.0. The van der Waals surface area contributed by atoms with Crippen molar-refractivity contribution in [2.75, 3.05) is 27.9 Å². The molecule has 0 unspecified atom stereocenters. The molecule has 1 heterocycles. The molecular weight excluding hydrogens is 482 g/mol. The number of methoxy groups -OCH3 is 3. The van der Waals surface area contributed by atoms with E-state index in [-0.39, 0.29) is 11.5 Å². The van der Waals surface area contributed by atoms with Gasteiger partial charge in [0.05, 0.1) is 32.5 Å². The monoisotopic (exact) mass is 513 g/mol. The van der Waals surface area contributed by atoms with Crippen LogP contribution in [0.3, 0.4) is 0 Å². The average Bonchev–Trinajstić information content (AvgIpc) is 3.18. The lowest BCUT2D eigenvalue weighted by Crippen LogP contribution is -2.27. The number of carbonyl (C=O) groups is 2. The van der Waals surface area contributed by atoms with Crippen molar-refractivity contribution in [3.8, 4) is 17.2 Å². The van der Waals surface area contributed by atoms with Crippen LogP contribution >= 0.6 is 0 Å². The first-order valence-corrected chi connectivity index (χ1v) is 12.3. The van der Waals surface area contributed by atoms with Crippen LogP contribution in [-0.2, 0) is 27.4 Å². The van der Waals surface area contributed by atoms with Crippen molar-refractivity contribution in [2.45, 2.75) is 20.0 Å². The molecule has 0 aliphatic carbocycles. The molecular formula is C31H31NO6. The first-order chi connectivity index (χ1) is 18.4. The van der Waals surface area contributed by atoms with Crippen molar-refractivity contribution >= 4 is 18.0 Å². The van der Waals surface area contributed by atoms with Gasteiger partial charge in [0.15, 0.2) is 11.5 Å². The van der Waals surface area contributed by atoms with E-state index in [0.717, 1.165) is 16.7 Å². The van der Waals surface area contributed by atoms with Crippen molar-refractivity contribution in [3.05, 3.63) is 106 Å². The van der Waals surface area contributed by atoms with Crippen molar-refractivity contribution in [1.82, 2.24) is 4.90 Å². The molecule has 0 atom stereocenters. The molecule has 0 spiro atoms. The van der Waals surface area contributed by atoms with Crippen LogP contribution in [-0.4, -0.2) is 44.7 Å². The number of nitrogens with zero attached hydrogens (tertiary/aromatic N) is 1. The lowest BCUT2D eigenvalue weighted by Gasteiger charge is -2.18. The smallest absolute Gasteiger partial charge is 0.340 e. The second kappa shape index (κ2) is 12.1. The van der Waals surface area contributed by atoms with Gasteiger partial charge in [-0.15, -0.1) is 0 Å². The van der Waals surface area contributed by atoms with Crippen LogP contribution in [0.25, 0.3) is 6.08 Å². The average molecular weight is 514 g/mol. The van der Waals surface area contributed by atoms with Crippen LogP contribution in [0.1, 0.15) is 23.6 Å². The number of hydrogen-bond donors (Lipinski definition) is 0. The van der Waals surface area contributed by atoms with Gasteiger partial charge >= 0.3 is 5.97 Å². The molecule has 0 saturated heterocycles. The van der Waals surface area contributed by atoms with Gasteiger partial charge in [-0.1, -0.05) is 48.5 Å². The lowest BCUT2D eigenvalue weighted by atomic mass is 10.0. The van der Waals surface area contributed by atoms with Crippen LogP contribution in [0.5, 0.6) is 17.2 Å². The molecule has 0 saturated carbocycles. The third-order valence-corrected chi connectivity index (χ3v) is 6.39. The minimum Gasteiger partial charge on any atom is -0.493 e. The van der Waals surface area contributed by atoms with Gasteiger partial charge in [0.2, 0.25) is 0 Å². The summed E-state index contributed by atoms with van der Waals surface area (Å²) >= 11 is 0. The standard InChI is InChI=1S/C31H31NO6/c1-21-29(31(34)37-4)26(18-24-11-8-12-25(17-24)38-20-23-9-6-5-7-10-23)30(33)32(21)16-15-22-13-14-27(35-2)28(19-22)36-3/h5-14,17-19H,15-16,20H2,1-4H3/b26-18-. The van der Waals surface area contributed by atoms with Crippen LogP contribution < -0.4 is 14.2 Å². The van der Waals surface area contributed by atoms with E-state index < -0.39 is 5.97 Å². The molecule has 0 bridgehead atoms. The van der Waals surface area contributed by atoms with Crippen LogP contribution in [0, 0.1) is 0 Å². The zero-order valence-electron chi connectivity index (χ0n) is 22.0. The second-order valence-electron chi connectivity index (χ2n) is 8.75. The summed E-state index contributed by atoms with van der Waals surface area (Å²) in [6.07, 6.45) is 2.28. The highest BCUT2D eigenvalue weighted by molar-refractivity contribution is 6.16. The molecule has 7 nitrogen and oxygen atoms in total. The van der Waals surface area contributed by atoms with Gasteiger partial charge in [0.1, 0.15) is 12.4 Å². The van der Waals surface area contributed by atoms with Crippen molar-refractivity contribution in [3.63, 3.8) is 0 Å². The van der Waals surface area contributed by atoms with Gasteiger partial charge in [-0.25, -0.2) is 4.79 Å². The molecule has 0 radical (unpaired) electrons. The number of carbonyl (C=O) groups excluding carboxylic acids is 2. The first-order valence-electron chi connectivity index (χ1n) is 12.3. The summed E-state index contributed by atoms with van der Waals surface area (Å²) in [7, 11) is 4.48. The van der Waals surface area contributed by atoms with E-state index in [1.165, 1.54) is 7.11 Å². The predicted molar refractivity (Wildman–Crippen MR) is 145 cm³/mol. The maximum absolute atomic E-state index is 13.5. The molecule has 1 amide bonds. The third kappa shape index (κ3) is 5.89. The quantitative estimate of drug-likeness (QED) is 0.274. The van der Waals surface area contributed by atoms with Gasteiger partial charge < -0.3 is 23.8 Å². The lowest BCUT2D eigenvalue weighted by molar-refractivity contribution is -0.136. The number of benzene rings is 3. The molecule has 1 aliphatic heterocycles. The van der Waals surface area contributed by atoms with Crippen molar-refractivity contribution in [2.24, 2.45) is 0 Å². The Kier molecular flexibility index (Phi) is 8.48. The van der Waals surface area contributed by atoms with E-state index in [1.807, 2.05) is 72.8 Å². The molecule has 0 N–H and O–H groups in total. The molecule has 0 aromatic heterocycles. The van der Waals surface area contributed by atoms with E-state index >= 15 is 0 Å². The molecule has 4 rings (SSSR count). The van der Waals surface area contributed by atoms with Crippen molar-refractivity contribution in [1.29, 1.82) is 0 Å². The Morgan fingerprint density at radius 3 is 2.34 bits per heavy atom. The fourth-order valence-electron chi connectivity index (χ4n) is 4.38. The summed E-state index contributed by atoms with van der Waals surface area (Å²) in [5.41, 5.74) is 3.89. The Balaban J connectivity index is 1.56. The topological polar surface area (TPSA) is 74.3 Å². The Morgan fingerprint density at radius 2 is 1.63 bits per heavy atom. The number of allylic oxidation sites excluding steroid dienone is 1. The molecule has 7 heteroatoms. The normalized spacial score (nSPS) is 14.2. The number of esters is 1. The van der Waals surface area contributed by atoms with Gasteiger partial charge in [-0.3, -0.25) is 4.79 Å². The summed E-state index contributed by atoms with van der Waals surface area (Å²) in [4.78, 5) is 27.9. The summed E-state index contributed by atoms with van der Waals surface area (Å²) in [5.74, 6) is 1.12. The van der Waals surface area contributed by atoms with Crippen LogP contribution in [0.15, 0.2) is 89.6 Å². The van der Waals surface area contributed by atoms with E-state index in [0.29, 0.717) is 48.1 Å². The zero-order chi connectivity index (χ0) is 27.1. The Morgan fingerprint density at radius 1 is 0.868 bits per heavy atom. The minimum absolute atomic E-state index is 0.251. The summed E-state index contributed by atoms with van der Waals surface area (Å²) < 4.78 is 21.7. The number of ether oxygens (including phenoxy) is 4. The van der Waals surface area contributed by atoms with Crippen LogP contribution in [0.2, 0.25) is 0 Å². The van der Waals surface area contributed by atoms with E-state index in [4.69, 9.17) is 18.9 Å². The molecule has 38 heavy (non-hydrogen) atoms. The summed E-state index contributed by atoms with van der Waals surface area (Å²) in [6.45, 7) is 2.58. The van der Waals surface area contributed by atoms with Gasteiger partial charge in [-0.05, 0) is 60.4 Å². The van der Waals surface area contributed by atoms with E-state index in [9.17, 15) is 9.59 Å². The fourth-order valence-corrected chi connectivity index (χ4v) is 4.38. The van der Waals surface area contributed by atoms with Gasteiger partial charge in [0.25, 0.3) is 5.91 Å². The Hall–Kier alpha value is -4.52. The number of rotatable bonds is 10. The maximum Gasteiger partial charge on any atom is 0.340 e. The Bertz CT molecular complexity index is 1380. The van der Waals surface area contributed by atoms with Gasteiger partial charge in [-0.2, -0.15) is 0 Å². The highest BCUT2D eigenvalue weighted by Gasteiger charge is 2.36. The highest BCUT2D eigenvalue weighted by Crippen LogP contribution is 2.33. The number of amides is 1. The molecule has 3 aromatic rings. The summed E-state index contributed by atoms with van der Waals surface area (Å²) in [5, 5.41) is 0. The molecule has 196 valence electrons. The van der Waals surface area contributed by atoms with E-state index in [1.54, 1.807) is 32.1 Å². The number of hydrogen-bond acceptors (Lipinski definition) is 6. The SMILES string of the molecule is COC(=O)C1=C(C)N(CCc2ccc(OC)c(OC)c2)C(=O)/C1=C\c1cccc(OCc2ccccc2)c1. The highest BCUT2D eigenvalue weighted by atomic mass is 16.5. The summed E-state index contributed by atoms with van der Waals surface area (Å²) in [6, 6.07) is 23.0. The van der Waals surface area contributed by atoms with Gasteiger partial charge in [0, 0.05) is 12.2 Å². The Labute approximate surface area is 222 Å². The third-order valence-electron chi connectivity index (χ3n) is 6.39. The first kappa shape index (κ1) is 26.5. The maximum atomic E-state index is 13.5. The second-order valence-corrected chi connectivity index (χ2v) is 8.75. The molecule has 3 aromatic carbocycles. The molecule has 0 fully saturated rings. The predicted octanol–water partition coefficient (Wildman–Crippen LogP) is 5.20. The van der Waals surface area contributed by atoms with Crippen LogP contribution in [0.4, 0.5) is 0 Å². The minimum atomic E-state index is -0.549. The van der Waals surface area contributed by atoms with E-state index in [2.05, 4.69) is 0 Å². The fraction of sp³-hybridized carbons (Fsp3) is 0.226. The van der Waals surface area contributed by atoms with Crippen molar-refractivity contribution < 1.29 is 28.5 Å².